The van der Waals surface area contributed by atoms with Crippen LogP contribution >= 0.6 is 0 Å². The van der Waals surface area contributed by atoms with Crippen molar-refractivity contribution in [1.29, 1.82) is 0 Å². The Morgan fingerprint density at radius 3 is 2.29 bits per heavy atom. The topological polar surface area (TPSA) is 76.7 Å². The first kappa shape index (κ1) is 16.8. The summed E-state index contributed by atoms with van der Waals surface area (Å²) in [6.45, 7) is 5.92. The molecule has 0 radical (unpaired) electrons. The molecule has 6 heteroatoms. The second kappa shape index (κ2) is 8.14. The summed E-state index contributed by atoms with van der Waals surface area (Å²) in [6, 6.07) is 9.08. The Labute approximate surface area is 124 Å². The Bertz CT molecular complexity index is 454. The molecular weight excluding hydrogens is 272 g/mol. The van der Waals surface area contributed by atoms with Gasteiger partial charge in [-0.15, -0.1) is 0 Å². The molecule has 0 aromatic heterocycles. The molecule has 0 bridgehead atoms. The number of benzene rings is 1. The molecule has 0 unspecified atom stereocenters. The van der Waals surface area contributed by atoms with Crippen LogP contribution in [-0.4, -0.2) is 37.3 Å². The van der Waals surface area contributed by atoms with Gasteiger partial charge >= 0.3 is 6.09 Å². The summed E-state index contributed by atoms with van der Waals surface area (Å²) in [5, 5.41) is 5.19. The van der Waals surface area contributed by atoms with Crippen LogP contribution in [0.1, 0.15) is 20.8 Å². The van der Waals surface area contributed by atoms with E-state index in [1.165, 1.54) is 0 Å². The van der Waals surface area contributed by atoms with Gasteiger partial charge in [0.05, 0.1) is 0 Å². The normalized spacial score (nSPS) is 10.6. The van der Waals surface area contributed by atoms with Gasteiger partial charge in [0.25, 0.3) is 5.91 Å². The van der Waals surface area contributed by atoms with E-state index >= 15 is 0 Å². The van der Waals surface area contributed by atoms with Gasteiger partial charge in [0.15, 0.2) is 6.61 Å². The zero-order valence-corrected chi connectivity index (χ0v) is 12.6. The van der Waals surface area contributed by atoms with Crippen molar-refractivity contribution < 1.29 is 19.1 Å². The fourth-order valence-electron chi connectivity index (χ4n) is 1.40. The molecule has 1 aromatic carbocycles. The van der Waals surface area contributed by atoms with Crippen molar-refractivity contribution in [3.63, 3.8) is 0 Å². The van der Waals surface area contributed by atoms with E-state index in [0.717, 1.165) is 0 Å². The number of amides is 2. The summed E-state index contributed by atoms with van der Waals surface area (Å²) < 4.78 is 10.4. The summed E-state index contributed by atoms with van der Waals surface area (Å²) in [7, 11) is 0. The predicted molar refractivity (Wildman–Crippen MR) is 79.2 cm³/mol. The van der Waals surface area contributed by atoms with E-state index < -0.39 is 11.7 Å². The summed E-state index contributed by atoms with van der Waals surface area (Å²) in [5.74, 6) is 0.393. The minimum absolute atomic E-state index is 0.0591. The lowest BCUT2D eigenvalue weighted by Crippen LogP contribution is -2.39. The third-order valence-electron chi connectivity index (χ3n) is 2.23. The number of carbonyl (C=O) groups excluding carboxylic acids is 2. The van der Waals surface area contributed by atoms with Crippen molar-refractivity contribution in [3.8, 4) is 5.75 Å². The summed E-state index contributed by atoms with van der Waals surface area (Å²) in [6.07, 6.45) is -0.503. The Morgan fingerprint density at radius 1 is 1.05 bits per heavy atom. The highest BCUT2D eigenvalue weighted by atomic mass is 16.6. The molecule has 0 saturated heterocycles. The van der Waals surface area contributed by atoms with E-state index in [9.17, 15) is 9.59 Å². The number of carbonyl (C=O) groups is 2. The van der Waals surface area contributed by atoms with Gasteiger partial charge in [-0.25, -0.2) is 4.79 Å². The van der Waals surface area contributed by atoms with E-state index in [-0.39, 0.29) is 12.5 Å². The predicted octanol–water partition coefficient (Wildman–Crippen LogP) is 1.71. The van der Waals surface area contributed by atoms with Gasteiger partial charge in [0, 0.05) is 13.1 Å². The van der Waals surface area contributed by atoms with Gasteiger partial charge in [-0.2, -0.15) is 0 Å². The fourth-order valence-corrected chi connectivity index (χ4v) is 1.40. The Kier molecular flexibility index (Phi) is 6.52. The van der Waals surface area contributed by atoms with Crippen molar-refractivity contribution in [1.82, 2.24) is 10.6 Å². The van der Waals surface area contributed by atoms with Crippen molar-refractivity contribution in [2.75, 3.05) is 19.7 Å². The zero-order valence-electron chi connectivity index (χ0n) is 12.6. The molecule has 0 heterocycles. The smallest absolute Gasteiger partial charge is 0.407 e. The van der Waals surface area contributed by atoms with Crippen LogP contribution in [0.5, 0.6) is 5.75 Å². The monoisotopic (exact) mass is 294 g/mol. The molecule has 116 valence electrons. The molecule has 0 fully saturated rings. The number of para-hydroxylation sites is 1. The molecule has 21 heavy (non-hydrogen) atoms. The zero-order chi connectivity index (χ0) is 15.7. The van der Waals surface area contributed by atoms with Crippen molar-refractivity contribution >= 4 is 12.0 Å². The van der Waals surface area contributed by atoms with Gasteiger partial charge in [-0.05, 0) is 32.9 Å². The number of alkyl carbamates (subject to hydrolysis) is 1. The van der Waals surface area contributed by atoms with Crippen LogP contribution in [0.4, 0.5) is 4.79 Å². The van der Waals surface area contributed by atoms with Crippen LogP contribution in [0.2, 0.25) is 0 Å². The maximum absolute atomic E-state index is 11.5. The fraction of sp³-hybridized carbons (Fsp3) is 0.467. The molecule has 0 aliphatic rings. The summed E-state index contributed by atoms with van der Waals surface area (Å²) >= 11 is 0. The largest absolute Gasteiger partial charge is 0.484 e. The molecule has 1 rings (SSSR count). The van der Waals surface area contributed by atoms with E-state index in [2.05, 4.69) is 10.6 Å². The highest BCUT2D eigenvalue weighted by Gasteiger charge is 2.15. The first-order valence-corrected chi connectivity index (χ1v) is 6.78. The third-order valence-corrected chi connectivity index (χ3v) is 2.23. The van der Waals surface area contributed by atoms with Gasteiger partial charge in [-0.1, -0.05) is 18.2 Å². The third kappa shape index (κ3) is 8.52. The molecule has 0 aliphatic heterocycles. The Hall–Kier alpha value is -2.24. The van der Waals surface area contributed by atoms with Crippen LogP contribution in [0.25, 0.3) is 0 Å². The number of nitrogens with one attached hydrogen (secondary N) is 2. The number of hydrogen-bond acceptors (Lipinski definition) is 4. The molecular formula is C15H22N2O4. The van der Waals surface area contributed by atoms with E-state index in [1.54, 1.807) is 32.9 Å². The standard InChI is InChI=1S/C15H22N2O4/c1-15(2,3)21-14(19)17-10-9-16-13(18)11-20-12-7-5-4-6-8-12/h4-8H,9-11H2,1-3H3,(H,16,18)(H,17,19). The van der Waals surface area contributed by atoms with Gasteiger partial charge in [0.2, 0.25) is 0 Å². The average molecular weight is 294 g/mol. The van der Waals surface area contributed by atoms with Crippen LogP contribution in [0.15, 0.2) is 30.3 Å². The molecule has 0 spiro atoms. The van der Waals surface area contributed by atoms with Crippen LogP contribution in [-0.2, 0) is 9.53 Å². The molecule has 0 atom stereocenters. The number of ether oxygens (including phenoxy) is 2. The molecule has 2 N–H and O–H groups in total. The van der Waals surface area contributed by atoms with Gasteiger partial charge in [0.1, 0.15) is 11.4 Å². The van der Waals surface area contributed by atoms with Crippen LogP contribution in [0, 0.1) is 0 Å². The SMILES string of the molecule is CC(C)(C)OC(=O)NCCNC(=O)COc1ccccc1. The molecule has 0 saturated carbocycles. The number of rotatable bonds is 6. The van der Waals surface area contributed by atoms with Gasteiger partial charge < -0.3 is 20.1 Å². The molecule has 0 aliphatic carbocycles. The second-order valence-electron chi connectivity index (χ2n) is 5.38. The number of hydrogen-bond donors (Lipinski definition) is 2. The average Bonchev–Trinajstić information content (AvgIpc) is 2.40. The highest BCUT2D eigenvalue weighted by molar-refractivity contribution is 5.77. The maximum Gasteiger partial charge on any atom is 0.407 e. The highest BCUT2D eigenvalue weighted by Crippen LogP contribution is 2.07. The lowest BCUT2D eigenvalue weighted by molar-refractivity contribution is -0.123. The Balaban J connectivity index is 2.10. The van der Waals surface area contributed by atoms with Gasteiger partial charge in [-0.3, -0.25) is 4.79 Å². The van der Waals surface area contributed by atoms with Crippen molar-refractivity contribution in [3.05, 3.63) is 30.3 Å². The van der Waals surface area contributed by atoms with E-state index in [1.807, 2.05) is 18.2 Å². The van der Waals surface area contributed by atoms with Crippen molar-refractivity contribution in [2.24, 2.45) is 0 Å². The lowest BCUT2D eigenvalue weighted by atomic mass is 10.2. The second-order valence-corrected chi connectivity index (χ2v) is 5.38. The minimum Gasteiger partial charge on any atom is -0.484 e. The minimum atomic E-state index is -0.531. The quantitative estimate of drug-likeness (QED) is 0.783. The van der Waals surface area contributed by atoms with Crippen molar-refractivity contribution in [2.45, 2.75) is 26.4 Å². The van der Waals surface area contributed by atoms with Crippen LogP contribution < -0.4 is 15.4 Å². The summed E-state index contributed by atoms with van der Waals surface area (Å²) in [4.78, 5) is 22.9. The van der Waals surface area contributed by atoms with Crippen LogP contribution in [0.3, 0.4) is 0 Å². The molecule has 2 amide bonds. The van der Waals surface area contributed by atoms with E-state index in [4.69, 9.17) is 9.47 Å². The van der Waals surface area contributed by atoms with E-state index in [0.29, 0.717) is 18.8 Å². The molecule has 1 aromatic rings. The maximum atomic E-state index is 11.5. The molecule has 6 nitrogen and oxygen atoms in total. The summed E-state index contributed by atoms with van der Waals surface area (Å²) in [5.41, 5.74) is -0.531. The Morgan fingerprint density at radius 2 is 1.67 bits per heavy atom. The lowest BCUT2D eigenvalue weighted by Gasteiger charge is -2.19. The first-order valence-electron chi connectivity index (χ1n) is 6.78. The first-order chi connectivity index (χ1) is 9.87.